The highest BCUT2D eigenvalue weighted by Crippen LogP contribution is 2.34. The van der Waals surface area contributed by atoms with Crippen LogP contribution < -0.4 is 15.8 Å². The van der Waals surface area contributed by atoms with Gasteiger partial charge in [-0.3, -0.25) is 0 Å². The Bertz CT molecular complexity index is 580. The SMILES string of the molecule is CC(C)CCN(c1ccc(S(N)(=O)=O)c(N)c1)C1CC1. The fraction of sp³-hybridized carbons (Fsp3) is 0.571. The molecule has 0 heterocycles. The Labute approximate surface area is 121 Å². The summed E-state index contributed by atoms with van der Waals surface area (Å²) >= 11 is 0. The number of primary sulfonamides is 1. The van der Waals surface area contributed by atoms with Gasteiger partial charge in [0, 0.05) is 18.3 Å². The van der Waals surface area contributed by atoms with E-state index in [-0.39, 0.29) is 10.6 Å². The molecule has 0 atom stereocenters. The molecule has 0 bridgehead atoms. The maximum absolute atomic E-state index is 11.4. The molecule has 0 aromatic heterocycles. The van der Waals surface area contributed by atoms with E-state index in [1.165, 1.54) is 18.9 Å². The lowest BCUT2D eigenvalue weighted by Crippen LogP contribution is -2.28. The molecular formula is C14H23N3O2S. The van der Waals surface area contributed by atoms with Crippen molar-refractivity contribution >= 4 is 21.4 Å². The molecule has 1 aromatic carbocycles. The van der Waals surface area contributed by atoms with Gasteiger partial charge in [-0.05, 0) is 43.4 Å². The van der Waals surface area contributed by atoms with E-state index in [1.807, 2.05) is 0 Å². The van der Waals surface area contributed by atoms with Crippen LogP contribution in [0.3, 0.4) is 0 Å². The Morgan fingerprint density at radius 1 is 1.35 bits per heavy atom. The summed E-state index contributed by atoms with van der Waals surface area (Å²) in [7, 11) is -3.75. The fourth-order valence-corrected chi connectivity index (χ4v) is 2.92. The van der Waals surface area contributed by atoms with E-state index in [0.29, 0.717) is 12.0 Å². The Balaban J connectivity index is 2.24. The van der Waals surface area contributed by atoms with Crippen LogP contribution in [0, 0.1) is 5.92 Å². The highest BCUT2D eigenvalue weighted by Gasteiger charge is 2.29. The fourth-order valence-electron chi connectivity index (χ4n) is 2.28. The quantitative estimate of drug-likeness (QED) is 0.785. The third-order valence-electron chi connectivity index (χ3n) is 3.57. The number of hydrogen-bond acceptors (Lipinski definition) is 4. The number of rotatable bonds is 6. The highest BCUT2D eigenvalue weighted by molar-refractivity contribution is 7.89. The van der Waals surface area contributed by atoms with E-state index in [0.717, 1.165) is 18.7 Å². The molecule has 0 saturated heterocycles. The van der Waals surface area contributed by atoms with Crippen LogP contribution in [0.2, 0.25) is 0 Å². The lowest BCUT2D eigenvalue weighted by atomic mass is 10.1. The van der Waals surface area contributed by atoms with Crippen molar-refractivity contribution in [3.8, 4) is 0 Å². The molecule has 112 valence electrons. The van der Waals surface area contributed by atoms with Crippen LogP contribution in [0.4, 0.5) is 11.4 Å². The van der Waals surface area contributed by atoms with Crippen molar-refractivity contribution in [2.75, 3.05) is 17.2 Å². The summed E-state index contributed by atoms with van der Waals surface area (Å²) < 4.78 is 22.8. The zero-order chi connectivity index (χ0) is 14.9. The van der Waals surface area contributed by atoms with Crippen molar-refractivity contribution in [1.82, 2.24) is 0 Å². The standard InChI is InChI=1S/C14H23N3O2S/c1-10(2)7-8-17(11-3-4-11)12-5-6-14(13(15)9-12)20(16,18)19/h5-6,9-11H,3-4,7-8,15H2,1-2H3,(H2,16,18,19). The predicted octanol–water partition coefficient (Wildman–Crippen LogP) is 1.93. The van der Waals surface area contributed by atoms with Crippen LogP contribution in [0.15, 0.2) is 23.1 Å². The molecule has 2 rings (SSSR count). The van der Waals surface area contributed by atoms with Gasteiger partial charge in [-0.2, -0.15) is 0 Å². The molecule has 0 amide bonds. The summed E-state index contributed by atoms with van der Waals surface area (Å²) in [6.07, 6.45) is 3.48. The van der Waals surface area contributed by atoms with E-state index >= 15 is 0 Å². The lowest BCUT2D eigenvalue weighted by molar-refractivity contribution is 0.571. The van der Waals surface area contributed by atoms with Crippen LogP contribution >= 0.6 is 0 Å². The molecule has 0 spiro atoms. The average molecular weight is 297 g/mol. The molecule has 1 aliphatic carbocycles. The first kappa shape index (κ1) is 15.1. The van der Waals surface area contributed by atoms with E-state index in [2.05, 4.69) is 18.7 Å². The highest BCUT2D eigenvalue weighted by atomic mass is 32.2. The summed E-state index contributed by atoms with van der Waals surface area (Å²) in [6, 6.07) is 5.59. The maximum Gasteiger partial charge on any atom is 0.240 e. The van der Waals surface area contributed by atoms with Gasteiger partial charge < -0.3 is 10.6 Å². The van der Waals surface area contributed by atoms with E-state index in [9.17, 15) is 8.42 Å². The van der Waals surface area contributed by atoms with E-state index < -0.39 is 10.0 Å². The van der Waals surface area contributed by atoms with Crippen molar-refractivity contribution in [2.24, 2.45) is 11.1 Å². The van der Waals surface area contributed by atoms with Crippen LogP contribution in [0.25, 0.3) is 0 Å². The lowest BCUT2D eigenvalue weighted by Gasteiger charge is -2.26. The molecule has 0 unspecified atom stereocenters. The third-order valence-corrected chi connectivity index (χ3v) is 4.55. The molecule has 5 nitrogen and oxygen atoms in total. The van der Waals surface area contributed by atoms with Gasteiger partial charge in [0.1, 0.15) is 4.90 Å². The normalized spacial score (nSPS) is 15.6. The van der Waals surface area contributed by atoms with Gasteiger partial charge in [0.2, 0.25) is 10.0 Å². The monoisotopic (exact) mass is 297 g/mol. The summed E-state index contributed by atoms with van der Waals surface area (Å²) in [5.74, 6) is 0.636. The van der Waals surface area contributed by atoms with Gasteiger partial charge in [0.25, 0.3) is 0 Å². The molecular weight excluding hydrogens is 274 g/mol. The second-order valence-corrected chi connectivity index (χ2v) is 7.40. The number of sulfonamides is 1. The van der Waals surface area contributed by atoms with Gasteiger partial charge in [0.05, 0.1) is 5.69 Å². The topological polar surface area (TPSA) is 89.4 Å². The number of hydrogen-bond donors (Lipinski definition) is 2. The Morgan fingerprint density at radius 2 is 2.00 bits per heavy atom. The number of nitrogens with zero attached hydrogens (tertiary/aromatic N) is 1. The number of nitrogens with two attached hydrogens (primary N) is 2. The van der Waals surface area contributed by atoms with Crippen molar-refractivity contribution in [1.29, 1.82) is 0 Å². The summed E-state index contributed by atoms with van der Waals surface area (Å²) in [4.78, 5) is 2.32. The van der Waals surface area contributed by atoms with Gasteiger partial charge in [0.15, 0.2) is 0 Å². The zero-order valence-corrected chi connectivity index (χ0v) is 12.9. The average Bonchev–Trinajstić information content (AvgIpc) is 3.11. The molecule has 1 aliphatic rings. The Kier molecular flexibility index (Phi) is 4.25. The van der Waals surface area contributed by atoms with Crippen molar-refractivity contribution in [2.45, 2.75) is 44.0 Å². The Hall–Kier alpha value is -1.27. The summed E-state index contributed by atoms with van der Waals surface area (Å²) in [5.41, 5.74) is 7.04. The van der Waals surface area contributed by atoms with Crippen LogP contribution in [0.5, 0.6) is 0 Å². The van der Waals surface area contributed by atoms with Crippen molar-refractivity contribution < 1.29 is 8.42 Å². The second kappa shape index (κ2) is 5.61. The molecule has 1 aromatic rings. The molecule has 0 radical (unpaired) electrons. The van der Waals surface area contributed by atoms with E-state index in [1.54, 1.807) is 12.1 Å². The molecule has 4 N–H and O–H groups in total. The zero-order valence-electron chi connectivity index (χ0n) is 12.0. The minimum Gasteiger partial charge on any atom is -0.398 e. The molecule has 1 fully saturated rings. The minimum absolute atomic E-state index is 0.000793. The summed E-state index contributed by atoms with van der Waals surface area (Å²) in [6.45, 7) is 5.36. The molecule has 6 heteroatoms. The maximum atomic E-state index is 11.4. The number of benzene rings is 1. The van der Waals surface area contributed by atoms with Crippen LogP contribution in [-0.4, -0.2) is 21.0 Å². The molecule has 20 heavy (non-hydrogen) atoms. The second-order valence-electron chi connectivity index (χ2n) is 5.87. The number of anilines is 2. The molecule has 0 aliphatic heterocycles. The van der Waals surface area contributed by atoms with Gasteiger partial charge in [-0.25, -0.2) is 13.6 Å². The van der Waals surface area contributed by atoms with Crippen LogP contribution in [-0.2, 0) is 10.0 Å². The van der Waals surface area contributed by atoms with Gasteiger partial charge in [-0.1, -0.05) is 13.8 Å². The molecule has 1 saturated carbocycles. The first-order valence-corrected chi connectivity index (χ1v) is 8.52. The third kappa shape index (κ3) is 3.64. The van der Waals surface area contributed by atoms with Gasteiger partial charge >= 0.3 is 0 Å². The minimum atomic E-state index is -3.75. The van der Waals surface area contributed by atoms with Crippen molar-refractivity contribution in [3.63, 3.8) is 0 Å². The first-order valence-electron chi connectivity index (χ1n) is 6.98. The van der Waals surface area contributed by atoms with Crippen LogP contribution in [0.1, 0.15) is 33.1 Å². The number of nitrogen functional groups attached to an aromatic ring is 1. The van der Waals surface area contributed by atoms with Crippen molar-refractivity contribution in [3.05, 3.63) is 18.2 Å². The summed E-state index contributed by atoms with van der Waals surface area (Å²) in [5, 5.41) is 5.13. The largest absolute Gasteiger partial charge is 0.398 e. The predicted molar refractivity (Wildman–Crippen MR) is 82.1 cm³/mol. The smallest absolute Gasteiger partial charge is 0.240 e. The van der Waals surface area contributed by atoms with Gasteiger partial charge in [-0.15, -0.1) is 0 Å². The van der Waals surface area contributed by atoms with E-state index in [4.69, 9.17) is 10.9 Å². The Morgan fingerprint density at radius 3 is 2.45 bits per heavy atom. The first-order chi connectivity index (χ1) is 9.29.